The Morgan fingerprint density at radius 2 is 2.24 bits per heavy atom. The largest absolute Gasteiger partial charge is 0.311 e. The van der Waals surface area contributed by atoms with E-state index in [9.17, 15) is 0 Å². The van der Waals surface area contributed by atoms with Gasteiger partial charge in [0, 0.05) is 36.9 Å². The van der Waals surface area contributed by atoms with Crippen molar-refractivity contribution in [2.24, 2.45) is 7.05 Å². The first-order valence-electron chi connectivity index (χ1n) is 6.69. The molecule has 0 bridgehead atoms. The molecule has 21 heavy (non-hydrogen) atoms. The van der Waals surface area contributed by atoms with Crippen LogP contribution in [-0.2, 0) is 20.0 Å². The fraction of sp³-hybridized carbons (Fsp3) is 0.357. The number of imidazole rings is 1. The first-order valence-corrected chi connectivity index (χ1v) is 7.92. The molecule has 0 spiro atoms. The highest BCUT2D eigenvalue weighted by Gasteiger charge is 2.16. The first kappa shape index (κ1) is 14.5. The van der Waals surface area contributed by atoms with Gasteiger partial charge in [-0.15, -0.1) is 11.6 Å². The van der Waals surface area contributed by atoms with Crippen LogP contribution in [0.4, 0.5) is 0 Å². The molecule has 110 valence electrons. The Morgan fingerprint density at radius 3 is 2.90 bits per heavy atom. The summed E-state index contributed by atoms with van der Waals surface area (Å²) in [5, 5.41) is 4.24. The van der Waals surface area contributed by atoms with Gasteiger partial charge in [-0.05, 0) is 35.0 Å². The second kappa shape index (κ2) is 5.77. The maximum absolute atomic E-state index is 6.26. The van der Waals surface area contributed by atoms with Crippen LogP contribution in [0.1, 0.15) is 23.8 Å². The first-order chi connectivity index (χ1) is 10.0. The minimum atomic E-state index is -0.165. The normalized spacial score (nSPS) is 13.0. The molecule has 0 radical (unpaired) electrons. The zero-order valence-corrected chi connectivity index (χ0v) is 14.1. The van der Waals surface area contributed by atoms with Gasteiger partial charge in [-0.1, -0.05) is 0 Å². The van der Waals surface area contributed by atoms with E-state index in [2.05, 4.69) is 35.6 Å². The molecule has 1 unspecified atom stereocenters. The van der Waals surface area contributed by atoms with Crippen molar-refractivity contribution in [2.45, 2.75) is 25.3 Å². The number of rotatable bonds is 4. The number of aromatic nitrogens is 5. The summed E-state index contributed by atoms with van der Waals surface area (Å²) < 4.78 is 4.80. The highest BCUT2D eigenvalue weighted by atomic mass is 79.9. The van der Waals surface area contributed by atoms with Crippen molar-refractivity contribution in [3.05, 3.63) is 40.5 Å². The third-order valence-electron chi connectivity index (χ3n) is 3.30. The van der Waals surface area contributed by atoms with Crippen molar-refractivity contribution in [1.82, 2.24) is 24.3 Å². The Kier molecular flexibility index (Phi) is 3.99. The number of pyridine rings is 1. The summed E-state index contributed by atoms with van der Waals surface area (Å²) in [6, 6.07) is 3.98. The predicted octanol–water partition coefficient (Wildman–Crippen LogP) is 3.47. The molecule has 3 aromatic heterocycles. The van der Waals surface area contributed by atoms with Crippen LogP contribution < -0.4 is 0 Å². The zero-order chi connectivity index (χ0) is 15.0. The molecule has 7 heteroatoms. The molecule has 0 aromatic carbocycles. The van der Waals surface area contributed by atoms with Crippen molar-refractivity contribution in [3.63, 3.8) is 0 Å². The number of nitrogens with zero attached hydrogens (tertiary/aromatic N) is 5. The molecule has 0 N–H and O–H groups in total. The molecule has 3 aromatic rings. The van der Waals surface area contributed by atoms with Crippen LogP contribution in [0.5, 0.6) is 0 Å². The third kappa shape index (κ3) is 2.96. The fourth-order valence-electron chi connectivity index (χ4n) is 2.35. The Hall–Kier alpha value is -1.40. The van der Waals surface area contributed by atoms with Crippen LogP contribution in [-0.4, -0.2) is 24.3 Å². The molecule has 1 atom stereocenters. The van der Waals surface area contributed by atoms with Crippen molar-refractivity contribution in [1.29, 1.82) is 0 Å². The Labute approximate surface area is 136 Å². The van der Waals surface area contributed by atoms with E-state index in [0.717, 1.165) is 40.1 Å². The van der Waals surface area contributed by atoms with Crippen molar-refractivity contribution >= 4 is 38.7 Å². The fourth-order valence-corrected chi connectivity index (χ4v) is 2.84. The summed E-state index contributed by atoms with van der Waals surface area (Å²) >= 11 is 9.69. The molecule has 0 saturated heterocycles. The summed E-state index contributed by atoms with van der Waals surface area (Å²) in [6.45, 7) is 2.68. The molecular weight excluding hydrogens is 354 g/mol. The van der Waals surface area contributed by atoms with E-state index in [0.29, 0.717) is 0 Å². The summed E-state index contributed by atoms with van der Waals surface area (Å²) in [5.41, 5.74) is 2.76. The van der Waals surface area contributed by atoms with E-state index in [4.69, 9.17) is 11.6 Å². The van der Waals surface area contributed by atoms with E-state index in [-0.39, 0.29) is 5.38 Å². The number of fused-ring (bicyclic) bond motifs is 1. The van der Waals surface area contributed by atoms with Crippen molar-refractivity contribution < 1.29 is 0 Å². The quantitative estimate of drug-likeness (QED) is 0.663. The molecule has 0 aliphatic rings. The van der Waals surface area contributed by atoms with Gasteiger partial charge in [0.2, 0.25) is 0 Å². The lowest BCUT2D eigenvalue weighted by atomic mass is 10.3. The number of aryl methyl sites for hydroxylation is 3. The van der Waals surface area contributed by atoms with E-state index < -0.39 is 0 Å². The van der Waals surface area contributed by atoms with Gasteiger partial charge >= 0.3 is 0 Å². The topological polar surface area (TPSA) is 48.5 Å². The van der Waals surface area contributed by atoms with E-state index in [1.807, 2.05) is 37.0 Å². The summed E-state index contributed by atoms with van der Waals surface area (Å²) in [4.78, 5) is 9.07. The van der Waals surface area contributed by atoms with Gasteiger partial charge in [0.1, 0.15) is 11.3 Å². The van der Waals surface area contributed by atoms with Crippen LogP contribution in [0.25, 0.3) is 11.2 Å². The average molecular weight is 369 g/mol. The standard InChI is InChI=1S/C14H15BrClN5/c1-9(16)13-18-12-7-10(15)8-17-14(12)21(13)6-4-11-3-5-20(2)19-11/h3,5,7-9H,4,6H2,1-2H3. The third-order valence-corrected chi connectivity index (χ3v) is 3.93. The number of hydrogen-bond acceptors (Lipinski definition) is 3. The van der Waals surface area contributed by atoms with Crippen LogP contribution in [0.2, 0.25) is 0 Å². The Morgan fingerprint density at radius 1 is 1.43 bits per heavy atom. The molecule has 3 rings (SSSR count). The predicted molar refractivity (Wildman–Crippen MR) is 86.4 cm³/mol. The lowest BCUT2D eigenvalue weighted by Crippen LogP contribution is -2.08. The molecule has 5 nitrogen and oxygen atoms in total. The second-order valence-corrected chi connectivity index (χ2v) is 6.53. The molecule has 0 saturated carbocycles. The van der Waals surface area contributed by atoms with Gasteiger partial charge in [0.25, 0.3) is 0 Å². The summed E-state index contributed by atoms with van der Waals surface area (Å²) in [7, 11) is 1.92. The molecule has 0 fully saturated rings. The highest BCUT2D eigenvalue weighted by molar-refractivity contribution is 9.10. The Bertz CT molecular complexity index is 777. The van der Waals surface area contributed by atoms with Gasteiger partial charge < -0.3 is 4.57 Å². The second-order valence-electron chi connectivity index (χ2n) is 4.96. The highest BCUT2D eigenvalue weighted by Crippen LogP contribution is 2.25. The molecule has 3 heterocycles. The van der Waals surface area contributed by atoms with E-state index in [1.165, 1.54) is 0 Å². The minimum absolute atomic E-state index is 0.165. The average Bonchev–Trinajstić information content (AvgIpc) is 2.99. The molecular formula is C14H15BrClN5. The van der Waals surface area contributed by atoms with E-state index >= 15 is 0 Å². The van der Waals surface area contributed by atoms with Crippen LogP contribution in [0.15, 0.2) is 29.0 Å². The van der Waals surface area contributed by atoms with Crippen molar-refractivity contribution in [2.75, 3.05) is 0 Å². The SMILES string of the molecule is CC(Cl)c1nc2cc(Br)cnc2n1CCc1ccn(C)n1. The van der Waals surface area contributed by atoms with Crippen LogP contribution in [0.3, 0.4) is 0 Å². The zero-order valence-electron chi connectivity index (χ0n) is 11.8. The smallest absolute Gasteiger partial charge is 0.160 e. The van der Waals surface area contributed by atoms with Gasteiger partial charge in [0.15, 0.2) is 5.65 Å². The van der Waals surface area contributed by atoms with Gasteiger partial charge in [0.05, 0.1) is 11.1 Å². The van der Waals surface area contributed by atoms with E-state index in [1.54, 1.807) is 6.20 Å². The summed E-state index contributed by atoms with van der Waals surface area (Å²) in [6.07, 6.45) is 4.55. The van der Waals surface area contributed by atoms with Gasteiger partial charge in [-0.25, -0.2) is 9.97 Å². The van der Waals surface area contributed by atoms with Gasteiger partial charge in [-0.2, -0.15) is 5.10 Å². The van der Waals surface area contributed by atoms with Crippen molar-refractivity contribution in [3.8, 4) is 0 Å². The molecule has 0 aliphatic heterocycles. The number of alkyl halides is 1. The van der Waals surface area contributed by atoms with Gasteiger partial charge in [-0.3, -0.25) is 4.68 Å². The minimum Gasteiger partial charge on any atom is -0.311 e. The van der Waals surface area contributed by atoms with Crippen LogP contribution in [0, 0.1) is 0 Å². The molecule has 0 aliphatic carbocycles. The maximum Gasteiger partial charge on any atom is 0.160 e. The Balaban J connectivity index is 1.97. The lowest BCUT2D eigenvalue weighted by Gasteiger charge is -2.08. The number of halogens is 2. The molecule has 0 amide bonds. The summed E-state index contributed by atoms with van der Waals surface area (Å²) in [5.74, 6) is 0.841. The maximum atomic E-state index is 6.26. The number of hydrogen-bond donors (Lipinski definition) is 0. The monoisotopic (exact) mass is 367 g/mol. The lowest BCUT2D eigenvalue weighted by molar-refractivity contribution is 0.643. The van der Waals surface area contributed by atoms with Crippen LogP contribution >= 0.6 is 27.5 Å².